The second kappa shape index (κ2) is 3.54. The van der Waals surface area contributed by atoms with Gasteiger partial charge in [-0.1, -0.05) is 6.07 Å². The molecule has 1 N–H and O–H groups in total. The highest BCUT2D eigenvalue weighted by Crippen LogP contribution is 2.06. The third-order valence-electron chi connectivity index (χ3n) is 2.10. The van der Waals surface area contributed by atoms with Gasteiger partial charge < -0.3 is 9.88 Å². The number of nitrogens with one attached hydrogen (secondary N) is 1. The molecule has 1 rings (SSSR count). The Kier molecular flexibility index (Phi) is 2.65. The summed E-state index contributed by atoms with van der Waals surface area (Å²) in [6.45, 7) is 2.02. The van der Waals surface area contributed by atoms with Crippen molar-refractivity contribution in [2.24, 2.45) is 7.05 Å². The fourth-order valence-electron chi connectivity index (χ4n) is 1.16. The molecule has 1 atom stereocenters. The van der Waals surface area contributed by atoms with Crippen molar-refractivity contribution in [1.29, 1.82) is 0 Å². The van der Waals surface area contributed by atoms with E-state index in [1.165, 1.54) is 0 Å². The van der Waals surface area contributed by atoms with Gasteiger partial charge in [-0.2, -0.15) is 0 Å². The average Bonchev–Trinajstić information content (AvgIpc) is 2.08. The lowest BCUT2D eigenvalue weighted by molar-refractivity contribution is 0.591. The minimum absolute atomic E-state index is 0.0367. The van der Waals surface area contributed by atoms with Crippen molar-refractivity contribution in [2.45, 2.75) is 13.0 Å². The molecule has 0 spiro atoms. The van der Waals surface area contributed by atoms with E-state index < -0.39 is 0 Å². The molecule has 0 fully saturated rings. The quantitative estimate of drug-likeness (QED) is 0.700. The summed E-state index contributed by atoms with van der Waals surface area (Å²) in [5.74, 6) is 0. The van der Waals surface area contributed by atoms with E-state index >= 15 is 0 Å². The first-order chi connectivity index (χ1) is 5.66. The van der Waals surface area contributed by atoms with Crippen molar-refractivity contribution in [3.63, 3.8) is 0 Å². The predicted octanol–water partition coefficient (Wildman–Crippen LogP) is 0.666. The van der Waals surface area contributed by atoms with Crippen molar-refractivity contribution in [2.75, 3.05) is 7.05 Å². The Labute approximate surface area is 72.0 Å². The summed E-state index contributed by atoms with van der Waals surface area (Å²) < 4.78 is 1.65. The van der Waals surface area contributed by atoms with Crippen LogP contribution in [-0.2, 0) is 7.05 Å². The minimum Gasteiger partial charge on any atom is -0.314 e. The fraction of sp³-hybridized carbons (Fsp3) is 0.444. The average molecular weight is 166 g/mol. The van der Waals surface area contributed by atoms with Crippen LogP contribution in [0.4, 0.5) is 0 Å². The minimum atomic E-state index is 0.0367. The van der Waals surface area contributed by atoms with Gasteiger partial charge in [0, 0.05) is 24.8 Å². The summed E-state index contributed by atoms with van der Waals surface area (Å²) in [6, 6.07) is 5.50. The van der Waals surface area contributed by atoms with Crippen molar-refractivity contribution < 1.29 is 0 Å². The van der Waals surface area contributed by atoms with Gasteiger partial charge in [0.2, 0.25) is 0 Å². The summed E-state index contributed by atoms with van der Waals surface area (Å²) in [5, 5.41) is 3.09. The van der Waals surface area contributed by atoms with Gasteiger partial charge in [-0.3, -0.25) is 4.79 Å². The molecule has 0 bridgehead atoms. The van der Waals surface area contributed by atoms with Crippen LogP contribution in [0.2, 0.25) is 0 Å². The number of rotatable bonds is 2. The topological polar surface area (TPSA) is 34.0 Å². The number of aromatic nitrogens is 1. The molecular weight excluding hydrogens is 152 g/mol. The summed E-state index contributed by atoms with van der Waals surface area (Å²) in [4.78, 5) is 11.2. The van der Waals surface area contributed by atoms with Crippen LogP contribution in [0.5, 0.6) is 0 Å². The van der Waals surface area contributed by atoms with Crippen LogP contribution in [0.3, 0.4) is 0 Å². The standard InChI is InChI=1S/C9H14N2O/c1-7(10-2)8-5-4-6-9(12)11(8)3/h4-7,10H,1-3H3. The van der Waals surface area contributed by atoms with Gasteiger partial charge in [-0.15, -0.1) is 0 Å². The van der Waals surface area contributed by atoms with Crippen LogP contribution in [-0.4, -0.2) is 11.6 Å². The Bertz CT molecular complexity index is 317. The van der Waals surface area contributed by atoms with E-state index in [0.717, 1.165) is 5.69 Å². The maximum atomic E-state index is 11.2. The smallest absolute Gasteiger partial charge is 0.250 e. The van der Waals surface area contributed by atoms with E-state index in [1.54, 1.807) is 23.7 Å². The molecule has 0 saturated heterocycles. The molecule has 66 valence electrons. The zero-order chi connectivity index (χ0) is 9.14. The fourth-order valence-corrected chi connectivity index (χ4v) is 1.16. The Morgan fingerprint density at radius 3 is 2.75 bits per heavy atom. The van der Waals surface area contributed by atoms with Crippen LogP contribution >= 0.6 is 0 Å². The molecule has 0 aromatic carbocycles. The summed E-state index contributed by atoms with van der Waals surface area (Å²) in [5.41, 5.74) is 1.04. The van der Waals surface area contributed by atoms with Crippen molar-refractivity contribution in [3.05, 3.63) is 34.2 Å². The highest BCUT2D eigenvalue weighted by molar-refractivity contribution is 5.09. The molecular formula is C9H14N2O. The lowest BCUT2D eigenvalue weighted by atomic mass is 10.2. The van der Waals surface area contributed by atoms with Gasteiger partial charge >= 0.3 is 0 Å². The van der Waals surface area contributed by atoms with Gasteiger partial charge in [-0.25, -0.2) is 0 Å². The number of pyridine rings is 1. The third kappa shape index (κ3) is 1.56. The van der Waals surface area contributed by atoms with Gasteiger partial charge in [0.05, 0.1) is 0 Å². The van der Waals surface area contributed by atoms with Gasteiger partial charge in [0.15, 0.2) is 0 Å². The first-order valence-corrected chi connectivity index (χ1v) is 4.00. The number of nitrogens with zero attached hydrogens (tertiary/aromatic N) is 1. The highest BCUT2D eigenvalue weighted by atomic mass is 16.1. The molecule has 3 nitrogen and oxygen atoms in total. The summed E-state index contributed by atoms with van der Waals surface area (Å²) in [7, 11) is 3.66. The van der Waals surface area contributed by atoms with Gasteiger partial charge in [0.1, 0.15) is 0 Å². The van der Waals surface area contributed by atoms with E-state index in [0.29, 0.717) is 0 Å². The second-order valence-corrected chi connectivity index (χ2v) is 2.86. The molecule has 0 radical (unpaired) electrons. The monoisotopic (exact) mass is 166 g/mol. The molecule has 0 saturated carbocycles. The Morgan fingerprint density at radius 2 is 2.17 bits per heavy atom. The second-order valence-electron chi connectivity index (χ2n) is 2.86. The van der Waals surface area contributed by atoms with Crippen molar-refractivity contribution in [3.8, 4) is 0 Å². The lowest BCUT2D eigenvalue weighted by Gasteiger charge is -2.13. The number of hydrogen-bond acceptors (Lipinski definition) is 2. The van der Waals surface area contributed by atoms with Gasteiger partial charge in [0.25, 0.3) is 5.56 Å². The number of hydrogen-bond donors (Lipinski definition) is 1. The van der Waals surface area contributed by atoms with E-state index in [-0.39, 0.29) is 11.6 Å². The van der Waals surface area contributed by atoms with Crippen LogP contribution in [0, 0.1) is 0 Å². The Morgan fingerprint density at radius 1 is 1.50 bits per heavy atom. The maximum absolute atomic E-state index is 11.2. The SMILES string of the molecule is CNC(C)c1cccc(=O)n1C. The molecule has 0 aliphatic rings. The van der Waals surface area contributed by atoms with E-state index in [9.17, 15) is 4.79 Å². The molecule has 0 amide bonds. The zero-order valence-electron chi connectivity index (χ0n) is 7.66. The zero-order valence-corrected chi connectivity index (χ0v) is 7.66. The van der Waals surface area contributed by atoms with Crippen LogP contribution in [0.25, 0.3) is 0 Å². The van der Waals surface area contributed by atoms with E-state index in [1.807, 2.05) is 20.0 Å². The molecule has 0 aliphatic heterocycles. The molecule has 1 aromatic rings. The largest absolute Gasteiger partial charge is 0.314 e. The Hall–Kier alpha value is -1.09. The van der Waals surface area contributed by atoms with Gasteiger partial charge in [-0.05, 0) is 20.0 Å². The summed E-state index contributed by atoms with van der Waals surface area (Å²) in [6.07, 6.45) is 0. The third-order valence-corrected chi connectivity index (χ3v) is 2.10. The molecule has 3 heteroatoms. The molecule has 0 aliphatic carbocycles. The van der Waals surface area contributed by atoms with E-state index in [4.69, 9.17) is 0 Å². The van der Waals surface area contributed by atoms with Crippen molar-refractivity contribution >= 4 is 0 Å². The maximum Gasteiger partial charge on any atom is 0.250 e. The first-order valence-electron chi connectivity index (χ1n) is 4.00. The Balaban J connectivity index is 3.16. The molecule has 1 unspecified atom stereocenters. The highest BCUT2D eigenvalue weighted by Gasteiger charge is 2.05. The molecule has 1 heterocycles. The summed E-state index contributed by atoms with van der Waals surface area (Å²) >= 11 is 0. The predicted molar refractivity (Wildman–Crippen MR) is 49.2 cm³/mol. The lowest BCUT2D eigenvalue weighted by Crippen LogP contribution is -2.24. The van der Waals surface area contributed by atoms with Crippen LogP contribution < -0.4 is 10.9 Å². The molecule has 1 aromatic heterocycles. The van der Waals surface area contributed by atoms with Crippen LogP contribution in [0.1, 0.15) is 18.7 Å². The van der Waals surface area contributed by atoms with E-state index in [2.05, 4.69) is 5.32 Å². The van der Waals surface area contributed by atoms with Crippen LogP contribution in [0.15, 0.2) is 23.0 Å². The van der Waals surface area contributed by atoms with Crippen molar-refractivity contribution in [1.82, 2.24) is 9.88 Å². The molecule has 12 heavy (non-hydrogen) atoms. The normalized spacial score (nSPS) is 12.9. The first kappa shape index (κ1) is 9.00.